The van der Waals surface area contributed by atoms with E-state index in [-0.39, 0.29) is 4.90 Å². The fourth-order valence-corrected chi connectivity index (χ4v) is 4.53. The summed E-state index contributed by atoms with van der Waals surface area (Å²) in [6, 6.07) is 16.8. The third-order valence-corrected chi connectivity index (χ3v) is 6.20. The van der Waals surface area contributed by atoms with Gasteiger partial charge < -0.3 is 5.32 Å². The highest BCUT2D eigenvalue weighted by Crippen LogP contribution is 2.32. The summed E-state index contributed by atoms with van der Waals surface area (Å²) in [5, 5.41) is 5.49. The maximum atomic E-state index is 12.4. The predicted octanol–water partition coefficient (Wildman–Crippen LogP) is 3.60. The van der Waals surface area contributed by atoms with Gasteiger partial charge in [-0.25, -0.2) is 4.98 Å². The quantitative estimate of drug-likeness (QED) is 0.769. The lowest BCUT2D eigenvalue weighted by molar-refractivity contribution is 0.599. The Bertz CT molecular complexity index is 1160. The number of fused-ring (bicyclic) bond motifs is 2. The van der Waals surface area contributed by atoms with Crippen molar-refractivity contribution in [3.8, 4) is 0 Å². The first-order chi connectivity index (χ1) is 12.6. The second kappa shape index (κ2) is 5.64. The normalized spacial score (nSPS) is 17.8. The van der Waals surface area contributed by atoms with E-state index in [1.807, 2.05) is 36.4 Å². The molecule has 0 spiro atoms. The van der Waals surface area contributed by atoms with Crippen LogP contribution in [-0.2, 0) is 10.0 Å². The van der Waals surface area contributed by atoms with Crippen LogP contribution >= 0.6 is 0 Å². The van der Waals surface area contributed by atoms with Gasteiger partial charge in [-0.15, -0.1) is 0 Å². The van der Waals surface area contributed by atoms with E-state index in [1.165, 1.54) is 12.8 Å². The Morgan fingerprint density at radius 1 is 1.04 bits per heavy atom. The van der Waals surface area contributed by atoms with Crippen LogP contribution in [0.25, 0.3) is 10.8 Å². The SMILES string of the molecule is O=S1(=O)N=C(c2cc3ccccc3c(NCC3CC3)n2)c2ccccc21. The molecule has 2 aromatic carbocycles. The van der Waals surface area contributed by atoms with E-state index in [9.17, 15) is 8.42 Å². The minimum absolute atomic E-state index is 0.248. The largest absolute Gasteiger partial charge is 0.369 e. The standard InChI is InChI=1S/C20H17N3O2S/c24-26(25)18-8-4-3-7-16(18)19(23-26)17-11-14-5-1-2-6-15(14)20(22-17)21-12-13-9-10-13/h1-8,11,13H,9-10,12H2,(H,21,22). The number of nitrogens with one attached hydrogen (secondary N) is 1. The molecule has 1 aliphatic heterocycles. The van der Waals surface area contributed by atoms with Crippen LogP contribution in [0.2, 0.25) is 0 Å². The van der Waals surface area contributed by atoms with Crippen molar-refractivity contribution < 1.29 is 8.42 Å². The molecule has 2 heterocycles. The van der Waals surface area contributed by atoms with Crippen LogP contribution < -0.4 is 5.32 Å². The van der Waals surface area contributed by atoms with Gasteiger partial charge in [-0.3, -0.25) is 0 Å². The monoisotopic (exact) mass is 363 g/mol. The van der Waals surface area contributed by atoms with Gasteiger partial charge in [-0.05, 0) is 36.3 Å². The van der Waals surface area contributed by atoms with Gasteiger partial charge in [0.15, 0.2) is 0 Å². The van der Waals surface area contributed by atoms with Gasteiger partial charge in [-0.2, -0.15) is 12.8 Å². The molecule has 0 bridgehead atoms. The third-order valence-electron chi connectivity index (χ3n) is 4.87. The van der Waals surface area contributed by atoms with Crippen LogP contribution in [0.5, 0.6) is 0 Å². The second-order valence-corrected chi connectivity index (χ2v) is 8.39. The van der Waals surface area contributed by atoms with Gasteiger partial charge in [0.05, 0.1) is 10.6 Å². The van der Waals surface area contributed by atoms with Crippen molar-refractivity contribution in [1.29, 1.82) is 0 Å². The third kappa shape index (κ3) is 2.57. The Hall–Kier alpha value is -2.73. The van der Waals surface area contributed by atoms with E-state index in [4.69, 9.17) is 4.98 Å². The lowest BCUT2D eigenvalue weighted by Crippen LogP contribution is -2.10. The number of sulfonamides is 1. The molecular formula is C20H17N3O2S. The molecule has 0 amide bonds. The van der Waals surface area contributed by atoms with E-state index in [0.717, 1.165) is 23.1 Å². The van der Waals surface area contributed by atoms with Crippen molar-refractivity contribution in [3.05, 3.63) is 65.9 Å². The Balaban J connectivity index is 1.68. The molecule has 1 N–H and O–H groups in total. The van der Waals surface area contributed by atoms with Gasteiger partial charge in [0.25, 0.3) is 10.0 Å². The van der Waals surface area contributed by atoms with Gasteiger partial charge in [0.1, 0.15) is 11.5 Å². The number of hydrogen-bond donors (Lipinski definition) is 1. The fourth-order valence-electron chi connectivity index (χ4n) is 3.31. The maximum absolute atomic E-state index is 12.4. The first kappa shape index (κ1) is 15.5. The van der Waals surface area contributed by atoms with Crippen molar-refractivity contribution >= 4 is 32.3 Å². The number of anilines is 1. The fraction of sp³-hybridized carbons (Fsp3) is 0.200. The summed E-state index contributed by atoms with van der Waals surface area (Å²) in [6.07, 6.45) is 2.51. The Labute approximate surface area is 151 Å². The molecule has 0 saturated heterocycles. The van der Waals surface area contributed by atoms with Crippen molar-refractivity contribution in [2.24, 2.45) is 10.3 Å². The molecule has 2 aliphatic rings. The summed E-state index contributed by atoms with van der Waals surface area (Å²) in [5.41, 5.74) is 1.61. The minimum atomic E-state index is -3.66. The van der Waals surface area contributed by atoms with E-state index >= 15 is 0 Å². The zero-order chi connectivity index (χ0) is 17.7. The highest BCUT2D eigenvalue weighted by molar-refractivity contribution is 7.90. The molecule has 0 atom stereocenters. The number of rotatable bonds is 4. The molecule has 1 aliphatic carbocycles. The first-order valence-corrected chi connectivity index (χ1v) is 10.1. The van der Waals surface area contributed by atoms with E-state index < -0.39 is 10.0 Å². The minimum Gasteiger partial charge on any atom is -0.369 e. The van der Waals surface area contributed by atoms with Crippen molar-refractivity contribution in [1.82, 2.24) is 4.98 Å². The van der Waals surface area contributed by atoms with E-state index in [1.54, 1.807) is 18.2 Å². The molecule has 5 nitrogen and oxygen atoms in total. The summed E-state index contributed by atoms with van der Waals surface area (Å²) in [6.45, 7) is 0.891. The zero-order valence-corrected chi connectivity index (χ0v) is 14.8. The smallest absolute Gasteiger partial charge is 0.283 e. The number of nitrogens with zero attached hydrogens (tertiary/aromatic N) is 2. The highest BCUT2D eigenvalue weighted by atomic mass is 32.2. The highest BCUT2D eigenvalue weighted by Gasteiger charge is 2.30. The van der Waals surface area contributed by atoms with Crippen LogP contribution in [-0.4, -0.2) is 25.7 Å². The number of hydrogen-bond acceptors (Lipinski definition) is 4. The molecule has 1 fully saturated rings. The molecule has 1 aromatic heterocycles. The zero-order valence-electron chi connectivity index (χ0n) is 14.0. The molecule has 130 valence electrons. The van der Waals surface area contributed by atoms with Crippen LogP contribution in [0, 0.1) is 5.92 Å². The van der Waals surface area contributed by atoms with Gasteiger partial charge in [0.2, 0.25) is 0 Å². The van der Waals surface area contributed by atoms with Crippen LogP contribution in [0.1, 0.15) is 24.1 Å². The number of pyridine rings is 1. The predicted molar refractivity (Wildman–Crippen MR) is 102 cm³/mol. The maximum Gasteiger partial charge on any atom is 0.283 e. The lowest BCUT2D eigenvalue weighted by atomic mass is 10.0. The van der Waals surface area contributed by atoms with E-state index in [0.29, 0.717) is 22.9 Å². The molecule has 26 heavy (non-hydrogen) atoms. The molecule has 6 heteroatoms. The second-order valence-electron chi connectivity index (χ2n) is 6.81. The molecule has 3 aromatic rings. The summed E-state index contributed by atoms with van der Waals surface area (Å²) >= 11 is 0. The Kier molecular flexibility index (Phi) is 3.37. The summed E-state index contributed by atoms with van der Waals surface area (Å²) in [4.78, 5) is 4.99. The van der Waals surface area contributed by atoms with Crippen molar-refractivity contribution in [2.75, 3.05) is 11.9 Å². The summed E-state index contributed by atoms with van der Waals surface area (Å²) in [7, 11) is -3.66. The molecule has 0 unspecified atom stereocenters. The topological polar surface area (TPSA) is 71.4 Å². The van der Waals surface area contributed by atoms with E-state index in [2.05, 4.69) is 9.71 Å². The Morgan fingerprint density at radius 2 is 1.81 bits per heavy atom. The van der Waals surface area contributed by atoms with Crippen molar-refractivity contribution in [3.63, 3.8) is 0 Å². The molecular weight excluding hydrogens is 346 g/mol. The summed E-state index contributed by atoms with van der Waals surface area (Å²) < 4.78 is 28.8. The van der Waals surface area contributed by atoms with Gasteiger partial charge >= 0.3 is 0 Å². The average Bonchev–Trinajstić information content (AvgIpc) is 3.44. The lowest BCUT2D eigenvalue weighted by Gasteiger charge is -2.11. The van der Waals surface area contributed by atoms with Crippen LogP contribution in [0.15, 0.2) is 63.9 Å². The molecule has 1 saturated carbocycles. The average molecular weight is 363 g/mol. The Morgan fingerprint density at radius 3 is 2.65 bits per heavy atom. The number of aromatic nitrogens is 1. The van der Waals surface area contributed by atoms with Gasteiger partial charge in [-0.1, -0.05) is 42.5 Å². The molecule has 5 rings (SSSR count). The summed E-state index contributed by atoms with van der Waals surface area (Å²) in [5.74, 6) is 1.50. The molecule has 0 radical (unpaired) electrons. The van der Waals surface area contributed by atoms with Crippen LogP contribution in [0.4, 0.5) is 5.82 Å². The van der Waals surface area contributed by atoms with Gasteiger partial charge in [0, 0.05) is 17.5 Å². The van der Waals surface area contributed by atoms with Crippen LogP contribution in [0.3, 0.4) is 0 Å². The van der Waals surface area contributed by atoms with Crippen molar-refractivity contribution in [2.45, 2.75) is 17.7 Å². The number of benzene rings is 2. The first-order valence-electron chi connectivity index (χ1n) is 8.70.